The predicted octanol–water partition coefficient (Wildman–Crippen LogP) is 5.15. The van der Waals surface area contributed by atoms with Crippen molar-refractivity contribution in [2.24, 2.45) is 5.92 Å². The molecule has 1 aromatic carbocycles. The maximum absolute atomic E-state index is 13.6. The SMILES string of the molecule is C=C(NC1CCN(CC(C)C)CC1)c1n[nH]c2ccc(-c3cncc(CN4CCC(F)(F)C4)c3)cc12. The normalized spacial score (nSPS) is 19.4. The van der Waals surface area contributed by atoms with Gasteiger partial charge in [-0.2, -0.15) is 5.10 Å². The first-order valence-corrected chi connectivity index (χ1v) is 13.0. The van der Waals surface area contributed by atoms with Crippen LogP contribution in [0, 0.1) is 5.92 Å². The fourth-order valence-electron chi connectivity index (χ4n) is 5.45. The summed E-state index contributed by atoms with van der Waals surface area (Å²) in [5.74, 6) is -1.90. The smallest absolute Gasteiger partial charge is 0.261 e. The Balaban J connectivity index is 1.28. The zero-order valence-electron chi connectivity index (χ0n) is 21.2. The number of pyridine rings is 1. The number of fused-ring (bicyclic) bond motifs is 1. The molecule has 0 bridgehead atoms. The Kier molecular flexibility index (Phi) is 7.08. The van der Waals surface area contributed by atoms with Gasteiger partial charge in [-0.25, -0.2) is 8.78 Å². The number of nitrogens with one attached hydrogen (secondary N) is 2. The Morgan fingerprint density at radius 2 is 1.94 bits per heavy atom. The van der Waals surface area contributed by atoms with E-state index in [0.29, 0.717) is 25.0 Å². The van der Waals surface area contributed by atoms with Gasteiger partial charge in [0.2, 0.25) is 0 Å². The van der Waals surface area contributed by atoms with E-state index in [1.807, 2.05) is 24.4 Å². The van der Waals surface area contributed by atoms with Crippen molar-refractivity contribution in [3.63, 3.8) is 0 Å². The summed E-state index contributed by atoms with van der Waals surface area (Å²) in [4.78, 5) is 8.73. The number of aromatic nitrogens is 3. The van der Waals surface area contributed by atoms with Crippen LogP contribution in [-0.2, 0) is 6.54 Å². The van der Waals surface area contributed by atoms with Crippen molar-refractivity contribution in [3.8, 4) is 11.1 Å². The van der Waals surface area contributed by atoms with E-state index in [1.54, 1.807) is 11.1 Å². The molecule has 2 N–H and O–H groups in total. The third kappa shape index (κ3) is 5.76. The maximum atomic E-state index is 13.6. The standard InChI is InChI=1S/C28H36F2N6/c1-19(2)16-35-9-6-24(7-10-35)32-20(3)27-25-13-22(4-5-26(25)33-34-27)23-12-21(14-31-15-23)17-36-11-8-28(29,30)18-36/h4-5,12-15,19,24,32H,3,6-11,16-18H2,1-2H3,(H,33,34). The molecule has 0 saturated carbocycles. The van der Waals surface area contributed by atoms with Gasteiger partial charge in [-0.05, 0) is 48.1 Å². The minimum absolute atomic E-state index is 0.0744. The summed E-state index contributed by atoms with van der Waals surface area (Å²) in [6, 6.07) is 8.61. The molecule has 0 radical (unpaired) electrons. The van der Waals surface area contributed by atoms with Crippen LogP contribution in [0.5, 0.6) is 0 Å². The third-order valence-electron chi connectivity index (χ3n) is 7.22. The Morgan fingerprint density at radius 1 is 1.14 bits per heavy atom. The van der Waals surface area contributed by atoms with Crippen molar-refractivity contribution < 1.29 is 8.78 Å². The van der Waals surface area contributed by atoms with Crippen molar-refractivity contribution in [1.29, 1.82) is 0 Å². The number of halogens is 2. The van der Waals surface area contributed by atoms with Gasteiger partial charge in [-0.3, -0.25) is 15.0 Å². The van der Waals surface area contributed by atoms with E-state index in [-0.39, 0.29) is 13.0 Å². The quantitative estimate of drug-likeness (QED) is 0.454. The lowest BCUT2D eigenvalue weighted by atomic mass is 10.0. The van der Waals surface area contributed by atoms with E-state index < -0.39 is 5.92 Å². The molecule has 2 aliphatic heterocycles. The number of hydrogen-bond donors (Lipinski definition) is 2. The number of nitrogens with zero attached hydrogens (tertiary/aromatic N) is 4. The van der Waals surface area contributed by atoms with Gasteiger partial charge < -0.3 is 10.2 Å². The highest BCUT2D eigenvalue weighted by molar-refractivity contribution is 5.92. The first-order chi connectivity index (χ1) is 17.3. The molecule has 8 heteroatoms. The summed E-state index contributed by atoms with van der Waals surface area (Å²) < 4.78 is 27.2. The van der Waals surface area contributed by atoms with E-state index in [9.17, 15) is 8.78 Å². The number of alkyl halides is 2. The van der Waals surface area contributed by atoms with E-state index in [2.05, 4.69) is 51.9 Å². The van der Waals surface area contributed by atoms with Crippen LogP contribution < -0.4 is 5.32 Å². The summed E-state index contributed by atoms with van der Waals surface area (Å²) in [6.07, 6.45) is 5.71. The lowest BCUT2D eigenvalue weighted by Crippen LogP contribution is -2.43. The van der Waals surface area contributed by atoms with Gasteiger partial charge in [0, 0.05) is 68.5 Å². The minimum Gasteiger partial charge on any atom is -0.381 e. The number of benzene rings is 1. The molecule has 2 saturated heterocycles. The topological polar surface area (TPSA) is 60.1 Å². The molecule has 5 rings (SSSR count). The number of likely N-dealkylation sites (tertiary alicyclic amines) is 2. The van der Waals surface area contributed by atoms with Gasteiger partial charge >= 0.3 is 0 Å². The van der Waals surface area contributed by atoms with Crippen LogP contribution in [0.4, 0.5) is 8.78 Å². The van der Waals surface area contributed by atoms with Crippen LogP contribution in [0.15, 0.2) is 43.2 Å². The molecule has 36 heavy (non-hydrogen) atoms. The summed E-state index contributed by atoms with van der Waals surface area (Å²) in [6.45, 7) is 12.9. The minimum atomic E-state index is -2.59. The molecule has 0 aliphatic carbocycles. The largest absolute Gasteiger partial charge is 0.381 e. The fourth-order valence-corrected chi connectivity index (χ4v) is 5.45. The van der Waals surface area contributed by atoms with Gasteiger partial charge in [0.05, 0.1) is 17.8 Å². The predicted molar refractivity (Wildman–Crippen MR) is 141 cm³/mol. The number of rotatable bonds is 8. The lowest BCUT2D eigenvalue weighted by molar-refractivity contribution is 0.0115. The van der Waals surface area contributed by atoms with Crippen molar-refractivity contribution in [3.05, 3.63) is 54.5 Å². The van der Waals surface area contributed by atoms with Gasteiger partial charge in [-0.15, -0.1) is 0 Å². The lowest BCUT2D eigenvalue weighted by Gasteiger charge is -2.34. The number of aromatic amines is 1. The number of hydrogen-bond acceptors (Lipinski definition) is 5. The van der Waals surface area contributed by atoms with E-state index in [0.717, 1.165) is 71.5 Å². The third-order valence-corrected chi connectivity index (χ3v) is 7.22. The number of H-pyrrole nitrogens is 1. The van der Waals surface area contributed by atoms with E-state index >= 15 is 0 Å². The average molecular weight is 495 g/mol. The second kappa shape index (κ2) is 10.3. The highest BCUT2D eigenvalue weighted by Crippen LogP contribution is 2.30. The van der Waals surface area contributed by atoms with Gasteiger partial charge in [0.15, 0.2) is 0 Å². The van der Waals surface area contributed by atoms with Crippen LogP contribution in [-0.4, -0.2) is 69.7 Å². The number of piperidine rings is 1. The molecule has 0 unspecified atom stereocenters. The maximum Gasteiger partial charge on any atom is 0.261 e. The monoisotopic (exact) mass is 494 g/mol. The van der Waals surface area contributed by atoms with Crippen molar-refractivity contribution in [1.82, 2.24) is 30.3 Å². The molecule has 2 aromatic heterocycles. The molecule has 0 amide bonds. The average Bonchev–Trinajstić information content (AvgIpc) is 3.42. The van der Waals surface area contributed by atoms with Crippen LogP contribution >= 0.6 is 0 Å². The molecule has 0 atom stereocenters. The fraction of sp³-hybridized carbons (Fsp3) is 0.500. The Bertz CT molecular complexity index is 1210. The summed E-state index contributed by atoms with van der Waals surface area (Å²) in [7, 11) is 0. The second-order valence-electron chi connectivity index (χ2n) is 10.8. The van der Waals surface area contributed by atoms with Gasteiger partial charge in [-0.1, -0.05) is 26.5 Å². The zero-order chi connectivity index (χ0) is 25.3. The van der Waals surface area contributed by atoms with Crippen molar-refractivity contribution in [2.45, 2.75) is 51.6 Å². The molecular formula is C28H36F2N6. The molecule has 0 spiro atoms. The Morgan fingerprint density at radius 3 is 2.67 bits per heavy atom. The Hall–Kier alpha value is -2.84. The highest BCUT2D eigenvalue weighted by Gasteiger charge is 2.37. The van der Waals surface area contributed by atoms with Crippen LogP contribution in [0.25, 0.3) is 27.7 Å². The van der Waals surface area contributed by atoms with Crippen molar-refractivity contribution in [2.75, 3.05) is 32.7 Å². The van der Waals surface area contributed by atoms with Crippen LogP contribution in [0.3, 0.4) is 0 Å². The van der Waals surface area contributed by atoms with E-state index in [4.69, 9.17) is 0 Å². The van der Waals surface area contributed by atoms with Crippen molar-refractivity contribution >= 4 is 16.6 Å². The molecule has 6 nitrogen and oxygen atoms in total. The zero-order valence-corrected chi connectivity index (χ0v) is 21.2. The van der Waals surface area contributed by atoms with Gasteiger partial charge in [0.1, 0.15) is 5.69 Å². The van der Waals surface area contributed by atoms with E-state index in [1.165, 1.54) is 0 Å². The first-order valence-electron chi connectivity index (χ1n) is 13.0. The molecule has 3 aromatic rings. The summed E-state index contributed by atoms with van der Waals surface area (Å²) >= 11 is 0. The van der Waals surface area contributed by atoms with Crippen LogP contribution in [0.1, 0.15) is 44.4 Å². The molecular weight excluding hydrogens is 458 g/mol. The molecule has 4 heterocycles. The molecule has 2 fully saturated rings. The van der Waals surface area contributed by atoms with Crippen LogP contribution in [0.2, 0.25) is 0 Å². The highest BCUT2D eigenvalue weighted by atomic mass is 19.3. The molecule has 2 aliphatic rings. The van der Waals surface area contributed by atoms with Gasteiger partial charge in [0.25, 0.3) is 5.92 Å². The summed E-state index contributed by atoms with van der Waals surface area (Å²) in [5.41, 5.74) is 5.53. The summed E-state index contributed by atoms with van der Waals surface area (Å²) in [5, 5.41) is 12.3. The second-order valence-corrected chi connectivity index (χ2v) is 10.8. The molecule has 192 valence electrons. The Labute approximate surface area is 211 Å². The first kappa shape index (κ1) is 24.8.